The van der Waals surface area contributed by atoms with E-state index in [4.69, 9.17) is 16.6 Å². The average molecular weight is 939 g/mol. The van der Waals surface area contributed by atoms with Gasteiger partial charge in [-0.1, -0.05) is 61.5 Å². The molecule has 65 heavy (non-hydrogen) atoms. The minimum Gasteiger partial charge on any atom is -0.481 e. The van der Waals surface area contributed by atoms with Crippen LogP contribution >= 0.6 is 23.5 Å². The lowest BCUT2D eigenvalue weighted by molar-refractivity contribution is -0.146. The second-order valence-corrected chi connectivity index (χ2v) is 18.3. The lowest BCUT2D eigenvalue weighted by Crippen LogP contribution is -2.58. The van der Waals surface area contributed by atoms with Crippen LogP contribution in [0.15, 0.2) is 54.6 Å². The number of hydrogen-bond acceptors (Lipinski definition) is 11. The highest BCUT2D eigenvalue weighted by atomic mass is 32.2. The molecule has 0 saturated carbocycles. The lowest BCUT2D eigenvalue weighted by atomic mass is 10.0. The second kappa shape index (κ2) is 27.0. The molecule has 0 aromatic heterocycles. The summed E-state index contributed by atoms with van der Waals surface area (Å²) in [6, 6.07) is 11.9. The third-order valence-corrected chi connectivity index (χ3v) is 13.2. The average Bonchev–Trinajstić information content (AvgIpc) is 3.98. The van der Waals surface area contributed by atoms with E-state index in [0.29, 0.717) is 62.5 Å². The summed E-state index contributed by atoms with van der Waals surface area (Å²) < 4.78 is 0. The molecular weight excluding hydrogens is 877 g/mol. The number of rotatable bonds is 27. The standard InChI is InChI=1S/C45H62N8O10S2/c1-2-32(42(60)50-33(15-16-37(46)54)43(61)51-34(41(47)59)26-29-9-4-3-5-10-29)49-44(62)35-13-7-22-53(35)45(63)36-14-8-21-52(36)39(56)19-24-65-28-31-12-6-11-30(25-31)27-64-23-18-38(55)48-20-17-40(57)58/h3-6,9-12,25,32-36H,2,7-8,13-24,26-28H2,1H3,(H2,46,54)(H2,47,59)(H,48,55)(H,49,62)(H,50,60)(H,51,61)(H,57,58)/t32-,33-,34-,35-,36-/m0/s1. The molecule has 18 nitrogen and oxygen atoms in total. The first-order valence-electron chi connectivity index (χ1n) is 22.0. The molecule has 2 aliphatic heterocycles. The van der Waals surface area contributed by atoms with Crippen LogP contribution in [0.3, 0.4) is 0 Å². The van der Waals surface area contributed by atoms with Crippen molar-refractivity contribution < 1.29 is 48.3 Å². The van der Waals surface area contributed by atoms with Crippen LogP contribution in [-0.4, -0.2) is 129 Å². The number of hydrogen-bond donors (Lipinski definition) is 7. The number of primary amides is 2. The fraction of sp³-hybridized carbons (Fsp3) is 0.533. The fourth-order valence-corrected chi connectivity index (χ4v) is 9.43. The molecule has 2 aromatic rings. The van der Waals surface area contributed by atoms with E-state index in [0.717, 1.165) is 22.4 Å². The van der Waals surface area contributed by atoms with Crippen LogP contribution in [0.1, 0.15) is 87.8 Å². The third kappa shape index (κ3) is 17.4. The van der Waals surface area contributed by atoms with Crippen molar-refractivity contribution in [1.82, 2.24) is 31.1 Å². The van der Waals surface area contributed by atoms with E-state index in [1.54, 1.807) is 65.7 Å². The number of amides is 8. The number of likely N-dealkylation sites (tertiary alicyclic amines) is 2. The predicted octanol–water partition coefficient (Wildman–Crippen LogP) is 1.36. The van der Waals surface area contributed by atoms with Crippen molar-refractivity contribution in [3.05, 3.63) is 71.3 Å². The van der Waals surface area contributed by atoms with E-state index in [9.17, 15) is 43.2 Å². The number of carboxylic acids is 1. The number of carbonyl (C=O) groups excluding carboxylic acids is 8. The van der Waals surface area contributed by atoms with Crippen molar-refractivity contribution in [2.45, 2.75) is 119 Å². The summed E-state index contributed by atoms with van der Waals surface area (Å²) in [5.74, 6) is -2.52. The van der Waals surface area contributed by atoms with E-state index in [-0.39, 0.29) is 62.8 Å². The van der Waals surface area contributed by atoms with E-state index < -0.39 is 65.7 Å². The Kier molecular flexibility index (Phi) is 21.6. The van der Waals surface area contributed by atoms with E-state index >= 15 is 0 Å². The largest absolute Gasteiger partial charge is 0.481 e. The molecule has 0 spiro atoms. The topological polar surface area (TPSA) is 280 Å². The molecule has 2 saturated heterocycles. The molecule has 354 valence electrons. The van der Waals surface area contributed by atoms with Crippen molar-refractivity contribution in [2.24, 2.45) is 11.5 Å². The highest BCUT2D eigenvalue weighted by Crippen LogP contribution is 2.27. The van der Waals surface area contributed by atoms with Gasteiger partial charge in [-0.15, -0.1) is 0 Å². The summed E-state index contributed by atoms with van der Waals surface area (Å²) >= 11 is 3.23. The molecular formula is C45H62N8O10S2. The highest BCUT2D eigenvalue weighted by molar-refractivity contribution is 7.98. The van der Waals surface area contributed by atoms with Gasteiger partial charge in [0.2, 0.25) is 47.3 Å². The molecule has 8 amide bonds. The van der Waals surface area contributed by atoms with Gasteiger partial charge in [0.05, 0.1) is 6.42 Å². The van der Waals surface area contributed by atoms with E-state index in [1.807, 2.05) is 18.2 Å². The van der Waals surface area contributed by atoms with Crippen molar-refractivity contribution >= 4 is 76.8 Å². The highest BCUT2D eigenvalue weighted by Gasteiger charge is 2.42. The number of nitrogens with zero attached hydrogens (tertiary/aromatic N) is 2. The quantitative estimate of drug-likeness (QED) is 0.0626. The SMILES string of the molecule is CC[C@H](NC(=O)[C@@H]1CCCN1C(=O)[C@@H]1CCCN1C(=O)CCSCc1cccc(CSCCC(=O)NCCC(=O)O)c1)C(=O)N[C@@H](CCC(N)=O)C(=O)N[C@@H](Cc1ccccc1)C(N)=O. The number of benzene rings is 2. The Morgan fingerprint density at radius 2 is 1.31 bits per heavy atom. The molecule has 0 bridgehead atoms. The normalized spacial score (nSPS) is 17.1. The monoisotopic (exact) mass is 938 g/mol. The Morgan fingerprint density at radius 3 is 1.94 bits per heavy atom. The summed E-state index contributed by atoms with van der Waals surface area (Å²) in [6.07, 6.45) is 2.28. The first kappa shape index (κ1) is 52.0. The minimum atomic E-state index is -1.28. The maximum Gasteiger partial charge on any atom is 0.305 e. The molecule has 20 heteroatoms. The Bertz CT molecular complexity index is 1990. The predicted molar refractivity (Wildman–Crippen MR) is 247 cm³/mol. The van der Waals surface area contributed by atoms with Gasteiger partial charge in [-0.05, 0) is 55.2 Å². The maximum absolute atomic E-state index is 14.0. The molecule has 2 aromatic carbocycles. The van der Waals surface area contributed by atoms with Crippen molar-refractivity contribution in [3.8, 4) is 0 Å². The van der Waals surface area contributed by atoms with Gasteiger partial charge < -0.3 is 47.6 Å². The van der Waals surface area contributed by atoms with Crippen LogP contribution in [0.2, 0.25) is 0 Å². The molecule has 0 radical (unpaired) electrons. The Balaban J connectivity index is 1.25. The minimum absolute atomic E-state index is 0.0971. The summed E-state index contributed by atoms with van der Waals surface area (Å²) in [5.41, 5.74) is 13.9. The van der Waals surface area contributed by atoms with Crippen LogP contribution in [-0.2, 0) is 61.1 Å². The molecule has 9 N–H and O–H groups in total. The smallest absolute Gasteiger partial charge is 0.305 e. The molecule has 2 heterocycles. The zero-order valence-electron chi connectivity index (χ0n) is 36.8. The number of nitrogens with one attached hydrogen (secondary N) is 4. The van der Waals surface area contributed by atoms with Gasteiger partial charge in [-0.3, -0.25) is 43.2 Å². The Morgan fingerprint density at radius 1 is 0.708 bits per heavy atom. The molecule has 0 unspecified atom stereocenters. The van der Waals surface area contributed by atoms with Crippen LogP contribution in [0.4, 0.5) is 0 Å². The van der Waals surface area contributed by atoms with Gasteiger partial charge in [-0.2, -0.15) is 23.5 Å². The summed E-state index contributed by atoms with van der Waals surface area (Å²) in [7, 11) is 0. The van der Waals surface area contributed by atoms with Gasteiger partial charge in [-0.25, -0.2) is 0 Å². The second-order valence-electron chi connectivity index (χ2n) is 16.0. The van der Waals surface area contributed by atoms with Gasteiger partial charge >= 0.3 is 5.97 Å². The maximum atomic E-state index is 14.0. The molecule has 0 aliphatic carbocycles. The molecule has 2 aliphatic rings. The molecule has 5 atom stereocenters. The van der Waals surface area contributed by atoms with E-state index in [2.05, 4.69) is 27.3 Å². The number of carboxylic acid groups (broad SMARTS) is 1. The third-order valence-electron chi connectivity index (χ3n) is 11.1. The van der Waals surface area contributed by atoms with Crippen molar-refractivity contribution in [2.75, 3.05) is 31.1 Å². The van der Waals surface area contributed by atoms with Gasteiger partial charge in [0.15, 0.2) is 0 Å². The Hall–Kier alpha value is -5.63. The number of nitrogens with two attached hydrogens (primary N) is 2. The Labute approximate surface area is 387 Å². The van der Waals surface area contributed by atoms with Gasteiger partial charge in [0.1, 0.15) is 30.2 Å². The zero-order chi connectivity index (χ0) is 47.3. The number of thioether (sulfide) groups is 2. The lowest BCUT2D eigenvalue weighted by Gasteiger charge is -2.31. The van der Waals surface area contributed by atoms with Crippen LogP contribution in [0, 0.1) is 0 Å². The van der Waals surface area contributed by atoms with E-state index in [1.165, 1.54) is 4.90 Å². The first-order valence-corrected chi connectivity index (χ1v) is 24.3. The summed E-state index contributed by atoms with van der Waals surface area (Å²) in [6.45, 7) is 2.53. The first-order chi connectivity index (χ1) is 31.2. The summed E-state index contributed by atoms with van der Waals surface area (Å²) in [4.78, 5) is 118. The fourth-order valence-electron chi connectivity index (χ4n) is 7.66. The van der Waals surface area contributed by atoms with Gasteiger partial charge in [0.25, 0.3) is 0 Å². The van der Waals surface area contributed by atoms with Crippen molar-refractivity contribution in [3.63, 3.8) is 0 Å². The molecule has 2 fully saturated rings. The van der Waals surface area contributed by atoms with Crippen LogP contribution in [0.5, 0.6) is 0 Å². The summed E-state index contributed by atoms with van der Waals surface area (Å²) in [5, 5.41) is 19.2. The number of carbonyl (C=O) groups is 9. The number of aliphatic carboxylic acids is 1. The van der Waals surface area contributed by atoms with Crippen LogP contribution < -0.4 is 32.7 Å². The van der Waals surface area contributed by atoms with Crippen molar-refractivity contribution in [1.29, 1.82) is 0 Å². The van der Waals surface area contributed by atoms with Gasteiger partial charge in [0, 0.05) is 68.3 Å². The zero-order valence-corrected chi connectivity index (χ0v) is 38.4. The van der Waals surface area contributed by atoms with Crippen LogP contribution in [0.25, 0.3) is 0 Å². The molecule has 4 rings (SSSR count).